The van der Waals surface area contributed by atoms with E-state index in [-0.39, 0.29) is 10.9 Å². The van der Waals surface area contributed by atoms with Gasteiger partial charge in [0.05, 0.1) is 5.75 Å². The van der Waals surface area contributed by atoms with Crippen LogP contribution in [0.1, 0.15) is 0 Å². The van der Waals surface area contributed by atoms with E-state index in [0.29, 0.717) is 12.1 Å². The molecule has 0 aliphatic carbocycles. The molecule has 7 heteroatoms. The van der Waals surface area contributed by atoms with Crippen LogP contribution in [0, 0.1) is 0 Å². The maximum absolute atomic E-state index is 10.4. The quantitative estimate of drug-likeness (QED) is 0.471. The number of aliphatic imine (C=N–C) groups is 1. The van der Waals surface area contributed by atoms with Crippen LogP contribution in [0.15, 0.2) is 29.4 Å². The number of carbonyl (C=O) groups is 2. The Labute approximate surface area is 95.8 Å². The van der Waals surface area contributed by atoms with Gasteiger partial charge in [-0.1, -0.05) is 17.8 Å². The lowest BCUT2D eigenvalue weighted by atomic mass is 10.5. The molecule has 0 aromatic carbocycles. The van der Waals surface area contributed by atoms with Crippen molar-refractivity contribution in [2.45, 2.75) is 0 Å². The molecule has 16 heavy (non-hydrogen) atoms. The number of aldehydes is 1. The molecule has 1 rings (SSSR count). The van der Waals surface area contributed by atoms with E-state index in [2.05, 4.69) is 15.3 Å². The molecule has 0 aliphatic rings. The molecular weight excluding hydrogens is 230 g/mol. The summed E-state index contributed by atoms with van der Waals surface area (Å²) in [4.78, 5) is 28.5. The van der Waals surface area contributed by atoms with Gasteiger partial charge in [-0.2, -0.15) is 0 Å². The third-order valence-corrected chi connectivity index (χ3v) is 2.14. The molecule has 0 fully saturated rings. The van der Waals surface area contributed by atoms with E-state index in [1.807, 2.05) is 0 Å². The summed E-state index contributed by atoms with van der Waals surface area (Å²) < 4.78 is 0. The van der Waals surface area contributed by atoms with Crippen LogP contribution in [0.2, 0.25) is 0 Å². The van der Waals surface area contributed by atoms with Crippen molar-refractivity contribution in [1.29, 1.82) is 0 Å². The fourth-order valence-electron chi connectivity index (χ4n) is 0.825. The van der Waals surface area contributed by atoms with Gasteiger partial charge in [0.25, 0.3) is 0 Å². The van der Waals surface area contributed by atoms with Crippen LogP contribution in [0.4, 0.5) is 10.6 Å². The predicted molar refractivity (Wildman–Crippen MR) is 61.0 cm³/mol. The zero-order chi connectivity index (χ0) is 11.8. The second-order valence-corrected chi connectivity index (χ2v) is 3.52. The second-order valence-electron chi connectivity index (χ2n) is 2.51. The summed E-state index contributed by atoms with van der Waals surface area (Å²) in [6.07, 6.45) is 0.983. The molecule has 1 amide bonds. The van der Waals surface area contributed by atoms with Gasteiger partial charge < -0.3 is 9.90 Å². The third-order valence-electron chi connectivity index (χ3n) is 1.37. The van der Waals surface area contributed by atoms with Crippen molar-refractivity contribution in [2.75, 3.05) is 5.75 Å². The number of carbonyl (C=O) groups excluding carboxylic acids is 1. The van der Waals surface area contributed by atoms with E-state index in [9.17, 15) is 9.59 Å². The van der Waals surface area contributed by atoms with Crippen LogP contribution >= 0.6 is 11.8 Å². The maximum Gasteiger partial charge on any atom is 0.410 e. The van der Waals surface area contributed by atoms with Gasteiger partial charge in [-0.05, 0) is 12.1 Å². The van der Waals surface area contributed by atoms with Crippen molar-refractivity contribution in [3.05, 3.63) is 24.4 Å². The summed E-state index contributed by atoms with van der Waals surface area (Å²) in [5.74, 6) is 0.510. The van der Waals surface area contributed by atoms with Crippen LogP contribution in [0.25, 0.3) is 0 Å². The highest BCUT2D eigenvalue weighted by molar-refractivity contribution is 8.14. The minimum Gasteiger partial charge on any atom is -0.465 e. The monoisotopic (exact) mass is 239 g/mol. The minimum atomic E-state index is -1.23. The Bertz CT molecular complexity index is 394. The fourth-order valence-corrected chi connectivity index (χ4v) is 1.37. The van der Waals surface area contributed by atoms with Crippen LogP contribution in [-0.2, 0) is 4.79 Å². The number of amides is 1. The van der Waals surface area contributed by atoms with Crippen LogP contribution in [-0.4, -0.2) is 33.4 Å². The minimum absolute atomic E-state index is 0.123. The molecule has 1 heterocycles. The lowest BCUT2D eigenvalue weighted by Crippen LogP contribution is -2.26. The van der Waals surface area contributed by atoms with Crippen molar-refractivity contribution >= 4 is 35.1 Å². The van der Waals surface area contributed by atoms with Gasteiger partial charge in [-0.25, -0.2) is 14.8 Å². The first-order chi connectivity index (χ1) is 7.72. The van der Waals surface area contributed by atoms with Crippen molar-refractivity contribution in [1.82, 2.24) is 10.3 Å². The number of aromatic nitrogens is 1. The number of hydrogen-bond donors (Lipinski definition) is 2. The zero-order valence-electron chi connectivity index (χ0n) is 8.16. The van der Waals surface area contributed by atoms with Crippen molar-refractivity contribution in [2.24, 2.45) is 4.99 Å². The molecule has 1 aromatic heterocycles. The lowest BCUT2D eigenvalue weighted by Gasteiger charge is -2.02. The Morgan fingerprint density at radius 3 is 3.00 bits per heavy atom. The molecule has 0 saturated heterocycles. The number of nitrogens with zero attached hydrogens (tertiary/aromatic N) is 2. The molecule has 0 radical (unpaired) electrons. The molecule has 0 unspecified atom stereocenters. The standard InChI is InChI=1S/C9H9N3O3S/c13-5-6-16-8(12-9(14)15)11-7-3-1-2-4-10-7/h1-5H,6H2,(H,14,15)(H,10,11,12). The largest absolute Gasteiger partial charge is 0.465 e. The Morgan fingerprint density at radius 1 is 1.62 bits per heavy atom. The Balaban J connectivity index is 2.78. The number of thioether (sulfide) groups is 1. The first-order valence-electron chi connectivity index (χ1n) is 4.28. The molecule has 1 aromatic rings. The number of pyridine rings is 1. The van der Waals surface area contributed by atoms with Gasteiger partial charge in [0.15, 0.2) is 11.0 Å². The van der Waals surface area contributed by atoms with Crippen molar-refractivity contribution in [3.8, 4) is 0 Å². The summed E-state index contributed by atoms with van der Waals surface area (Å²) in [5, 5.41) is 10.8. The topological polar surface area (TPSA) is 91.7 Å². The summed E-state index contributed by atoms with van der Waals surface area (Å²) in [5.41, 5.74) is 0. The molecule has 84 valence electrons. The zero-order valence-corrected chi connectivity index (χ0v) is 8.98. The van der Waals surface area contributed by atoms with Gasteiger partial charge >= 0.3 is 6.09 Å². The summed E-state index contributed by atoms with van der Waals surface area (Å²) in [7, 11) is 0. The summed E-state index contributed by atoms with van der Waals surface area (Å²) >= 11 is 0.995. The average Bonchev–Trinajstić information content (AvgIpc) is 2.26. The second kappa shape index (κ2) is 6.57. The SMILES string of the molecule is O=CCSC(=Nc1ccccn1)NC(=O)O. The number of amidine groups is 1. The third kappa shape index (κ3) is 4.56. The van der Waals surface area contributed by atoms with E-state index < -0.39 is 6.09 Å². The van der Waals surface area contributed by atoms with Crippen LogP contribution in [0.3, 0.4) is 0 Å². The molecular formula is C9H9N3O3S. The highest BCUT2D eigenvalue weighted by atomic mass is 32.2. The van der Waals surface area contributed by atoms with E-state index in [1.54, 1.807) is 24.4 Å². The number of rotatable bonds is 3. The van der Waals surface area contributed by atoms with E-state index in [4.69, 9.17) is 5.11 Å². The maximum atomic E-state index is 10.4. The van der Waals surface area contributed by atoms with Crippen LogP contribution in [0.5, 0.6) is 0 Å². The average molecular weight is 239 g/mol. The molecule has 0 atom stereocenters. The Morgan fingerprint density at radius 2 is 2.44 bits per heavy atom. The van der Waals surface area contributed by atoms with Crippen LogP contribution < -0.4 is 5.32 Å². The van der Waals surface area contributed by atoms with E-state index >= 15 is 0 Å². The predicted octanol–water partition coefficient (Wildman–Crippen LogP) is 1.27. The smallest absolute Gasteiger partial charge is 0.410 e. The fraction of sp³-hybridized carbons (Fsp3) is 0.111. The van der Waals surface area contributed by atoms with Gasteiger partial charge in [0.1, 0.15) is 6.29 Å². The first kappa shape index (κ1) is 12.2. The number of nitrogens with one attached hydrogen (secondary N) is 1. The molecule has 0 spiro atoms. The lowest BCUT2D eigenvalue weighted by molar-refractivity contribution is -0.105. The molecule has 0 bridgehead atoms. The normalized spacial score (nSPS) is 10.9. The van der Waals surface area contributed by atoms with E-state index in [0.717, 1.165) is 11.8 Å². The Hall–Kier alpha value is -1.89. The molecule has 2 N–H and O–H groups in total. The van der Waals surface area contributed by atoms with Crippen molar-refractivity contribution < 1.29 is 14.7 Å². The van der Waals surface area contributed by atoms with E-state index in [1.165, 1.54) is 0 Å². The van der Waals surface area contributed by atoms with Gasteiger partial charge in [-0.3, -0.25) is 5.32 Å². The van der Waals surface area contributed by atoms with Gasteiger partial charge in [0.2, 0.25) is 0 Å². The number of hydrogen-bond acceptors (Lipinski definition) is 5. The molecule has 0 aliphatic heterocycles. The highest BCUT2D eigenvalue weighted by Gasteiger charge is 2.04. The summed E-state index contributed by atoms with van der Waals surface area (Å²) in [6.45, 7) is 0. The highest BCUT2D eigenvalue weighted by Crippen LogP contribution is 2.09. The Kier molecular flexibility index (Phi) is 5.00. The first-order valence-corrected chi connectivity index (χ1v) is 5.27. The molecule has 0 saturated carbocycles. The molecule has 6 nitrogen and oxygen atoms in total. The van der Waals surface area contributed by atoms with Crippen molar-refractivity contribution in [3.63, 3.8) is 0 Å². The van der Waals surface area contributed by atoms with Gasteiger partial charge in [-0.15, -0.1) is 0 Å². The summed E-state index contributed by atoms with van der Waals surface area (Å²) in [6, 6.07) is 5.08. The van der Waals surface area contributed by atoms with Gasteiger partial charge in [0, 0.05) is 6.20 Å². The number of carboxylic acid groups (broad SMARTS) is 1.